The van der Waals surface area contributed by atoms with Crippen LogP contribution in [0.3, 0.4) is 0 Å². The molecule has 0 amide bonds. The number of carbonyl (C=O) groups is 5. The van der Waals surface area contributed by atoms with Gasteiger partial charge in [0, 0.05) is 43.9 Å². The van der Waals surface area contributed by atoms with Gasteiger partial charge in [-0.15, -0.1) is 6.58 Å². The van der Waals surface area contributed by atoms with E-state index in [1.165, 1.54) is 36.1 Å². The van der Waals surface area contributed by atoms with Crippen LogP contribution in [-0.4, -0.2) is 40.5 Å². The van der Waals surface area contributed by atoms with Gasteiger partial charge in [0.15, 0.2) is 23.0 Å². The second kappa shape index (κ2) is 13.7. The maximum Gasteiger partial charge on any atom is 0.303 e. The van der Waals surface area contributed by atoms with E-state index in [4.69, 9.17) is 9.47 Å². The van der Waals surface area contributed by atoms with Crippen molar-refractivity contribution in [2.45, 2.75) is 150 Å². The molecule has 0 aromatic carbocycles. The number of Topliss-reactive ketones (excluding diaryl/α,β-unsaturated/α-hetero) is 1. The zero-order valence-electron chi connectivity index (χ0n) is 33.8. The number of allylic oxidation sites excluding steroid dienone is 6. The van der Waals surface area contributed by atoms with Crippen molar-refractivity contribution in [1.82, 2.24) is 0 Å². The highest BCUT2D eigenvalue weighted by molar-refractivity contribution is 5.93. The summed E-state index contributed by atoms with van der Waals surface area (Å²) in [6.07, 6.45) is 22.8. The molecule has 4 fully saturated rings. The predicted octanol–water partition coefficient (Wildman–Crippen LogP) is 9.50. The van der Waals surface area contributed by atoms with E-state index in [1.807, 2.05) is 18.2 Å². The second-order valence-corrected chi connectivity index (χ2v) is 19.0. The molecule has 0 radical (unpaired) electrons. The molecule has 8 aliphatic rings. The first-order valence-electron chi connectivity index (χ1n) is 20.9. The molecule has 0 heterocycles. The molecule has 0 aromatic rings. The number of carbonyl (C=O) groups excluding carboxylic acids is 5. The average molecular weight is 739 g/mol. The minimum atomic E-state index is -0.961. The summed E-state index contributed by atoms with van der Waals surface area (Å²) in [5.74, 6) is 2.88. The molecule has 54 heavy (non-hydrogen) atoms. The Bertz CT molecular complexity index is 1790. The van der Waals surface area contributed by atoms with E-state index in [-0.39, 0.29) is 45.5 Å². The van der Waals surface area contributed by atoms with Crippen LogP contribution in [-0.2, 0) is 33.4 Å². The molecule has 0 aliphatic heterocycles. The van der Waals surface area contributed by atoms with Gasteiger partial charge in [-0.25, -0.2) is 0 Å². The summed E-state index contributed by atoms with van der Waals surface area (Å²) in [5.41, 5.74) is 3.69. The van der Waals surface area contributed by atoms with E-state index in [0.29, 0.717) is 61.2 Å². The van der Waals surface area contributed by atoms with Crippen molar-refractivity contribution in [1.29, 1.82) is 0 Å². The van der Waals surface area contributed by atoms with E-state index in [2.05, 4.69) is 46.4 Å². The molecule has 0 unspecified atom stereocenters. The van der Waals surface area contributed by atoms with Crippen molar-refractivity contribution in [2.75, 3.05) is 0 Å². The first kappa shape index (κ1) is 38.9. The summed E-state index contributed by atoms with van der Waals surface area (Å²) < 4.78 is 11.8. The highest BCUT2D eigenvalue weighted by atomic mass is 16.6. The minimum absolute atomic E-state index is 0.00469. The zero-order chi connectivity index (χ0) is 39.0. The molecule has 7 nitrogen and oxygen atoms in total. The first-order valence-corrected chi connectivity index (χ1v) is 20.9. The van der Waals surface area contributed by atoms with Gasteiger partial charge < -0.3 is 9.47 Å². The number of rotatable bonds is 5. The maximum absolute atomic E-state index is 12.8. The summed E-state index contributed by atoms with van der Waals surface area (Å²) in [6.45, 7) is 17.6. The van der Waals surface area contributed by atoms with Gasteiger partial charge in [-0.05, 0) is 147 Å². The fourth-order valence-corrected chi connectivity index (χ4v) is 14.2. The number of hydrogen-bond acceptors (Lipinski definition) is 7. The first-order chi connectivity index (χ1) is 25.4. The minimum Gasteiger partial charge on any atom is -0.458 e. The Labute approximate surface area is 322 Å². The lowest BCUT2D eigenvalue weighted by molar-refractivity contribution is -0.187. The lowest BCUT2D eigenvalue weighted by Crippen LogP contribution is -2.59. The molecule has 4 saturated carbocycles. The van der Waals surface area contributed by atoms with Crippen LogP contribution in [0.1, 0.15) is 138 Å². The summed E-state index contributed by atoms with van der Waals surface area (Å²) in [4.78, 5) is 60.5. The third-order valence-corrected chi connectivity index (χ3v) is 16.6. The van der Waals surface area contributed by atoms with Gasteiger partial charge in [0.25, 0.3) is 0 Å². The highest BCUT2D eigenvalue weighted by Crippen LogP contribution is 2.69. The Hall–Kier alpha value is -3.35. The number of hydrogen-bond donors (Lipinski definition) is 0. The molecule has 11 atom stereocenters. The summed E-state index contributed by atoms with van der Waals surface area (Å²) >= 11 is 0. The van der Waals surface area contributed by atoms with Crippen LogP contribution >= 0.6 is 0 Å². The molecular weight excluding hydrogens is 677 g/mol. The molecule has 0 spiro atoms. The molecule has 7 heteroatoms. The van der Waals surface area contributed by atoms with Crippen LogP contribution in [0.4, 0.5) is 0 Å². The Morgan fingerprint density at radius 2 is 1.50 bits per heavy atom. The van der Waals surface area contributed by atoms with E-state index < -0.39 is 11.2 Å². The molecule has 292 valence electrons. The van der Waals surface area contributed by atoms with Crippen LogP contribution in [0.2, 0.25) is 0 Å². The molecule has 8 rings (SSSR count). The van der Waals surface area contributed by atoms with Crippen LogP contribution in [0.5, 0.6) is 0 Å². The van der Waals surface area contributed by atoms with Crippen LogP contribution in [0.15, 0.2) is 59.3 Å². The monoisotopic (exact) mass is 738 g/mol. The summed E-state index contributed by atoms with van der Waals surface area (Å²) in [7, 11) is 0. The predicted molar refractivity (Wildman–Crippen MR) is 208 cm³/mol. The molecule has 0 N–H and O–H groups in total. The van der Waals surface area contributed by atoms with Gasteiger partial charge in [0.1, 0.15) is 5.60 Å². The number of ketones is 3. The van der Waals surface area contributed by atoms with Crippen molar-refractivity contribution in [3.05, 3.63) is 59.3 Å². The lowest BCUT2D eigenvalue weighted by Gasteiger charge is -2.60. The van der Waals surface area contributed by atoms with E-state index in [1.54, 1.807) is 6.92 Å². The molecule has 0 saturated heterocycles. The van der Waals surface area contributed by atoms with Gasteiger partial charge in [0.2, 0.25) is 0 Å². The smallest absolute Gasteiger partial charge is 0.303 e. The standard InChI is InChI=1S/C24H34O4.C23H28O3/c1-14-12-18-19(22(4)9-6-17(27)13-21(14)22)7-10-23(5)20(18)8-11-24(23,15(2)25)28-16(3)26;1-4-11-23(26-15(2)24)13-10-21-20-7-5-16-14-17(25)6-8-18(16)19(20)9-12-22(21,23)3/h13-14,18-20H,6-12H2,1-5H3;4,9,12,14,20-21H,1,5-8,10-11,13H2,2-3H3/t14-,18+,19-,20-,22+,23-,24-;20-,21+,22+,23+/m01/s1. The Morgan fingerprint density at radius 1 is 0.815 bits per heavy atom. The topological polar surface area (TPSA) is 104 Å². The lowest BCUT2D eigenvalue weighted by atomic mass is 9.44. The van der Waals surface area contributed by atoms with Crippen molar-refractivity contribution in [3.63, 3.8) is 0 Å². The van der Waals surface area contributed by atoms with E-state index in [9.17, 15) is 24.0 Å². The number of fused-ring (bicyclic) bond motifs is 9. The van der Waals surface area contributed by atoms with Crippen molar-refractivity contribution < 1.29 is 33.4 Å². The largest absolute Gasteiger partial charge is 0.458 e. The third kappa shape index (κ3) is 5.75. The fraction of sp³-hybridized carbons (Fsp3) is 0.681. The maximum atomic E-state index is 12.8. The van der Waals surface area contributed by atoms with Crippen molar-refractivity contribution in [3.8, 4) is 0 Å². The highest BCUT2D eigenvalue weighted by Gasteiger charge is 2.68. The average Bonchev–Trinajstić information content (AvgIpc) is 3.56. The summed E-state index contributed by atoms with van der Waals surface area (Å²) in [5, 5.41) is 0. The van der Waals surface area contributed by atoms with Gasteiger partial charge in [-0.3, -0.25) is 24.0 Å². The van der Waals surface area contributed by atoms with Crippen molar-refractivity contribution in [2.24, 2.45) is 51.8 Å². The van der Waals surface area contributed by atoms with Gasteiger partial charge in [0.05, 0.1) is 0 Å². The van der Waals surface area contributed by atoms with Gasteiger partial charge in [-0.1, -0.05) is 51.5 Å². The SMILES string of the molecule is C=CC[C@]1(OC(C)=O)CC[C@H]2[C@@H]3CCC4=CC(=O)CCC4=C3C=C[C@@]21C.CC(=O)O[C@]1(C(C)=O)CC[C@H]2[C@@H]3C[C@H](C)C4=CC(=O)CC[C@]4(C)[C@H]3CC[C@@]21C. The van der Waals surface area contributed by atoms with Gasteiger partial charge in [-0.2, -0.15) is 0 Å². The van der Waals surface area contributed by atoms with Crippen LogP contribution in [0.25, 0.3) is 0 Å². The van der Waals surface area contributed by atoms with Crippen molar-refractivity contribution >= 4 is 29.3 Å². The Balaban J connectivity index is 0.000000167. The van der Waals surface area contributed by atoms with Crippen LogP contribution < -0.4 is 0 Å². The second-order valence-electron chi connectivity index (χ2n) is 19.0. The van der Waals surface area contributed by atoms with E-state index in [0.717, 1.165) is 64.2 Å². The van der Waals surface area contributed by atoms with E-state index >= 15 is 0 Å². The third-order valence-electron chi connectivity index (χ3n) is 16.6. The molecular formula is C47H62O7. The fourth-order valence-electron chi connectivity index (χ4n) is 14.2. The quantitative estimate of drug-likeness (QED) is 0.205. The molecule has 0 bridgehead atoms. The Morgan fingerprint density at radius 3 is 2.19 bits per heavy atom. The van der Waals surface area contributed by atoms with Crippen LogP contribution in [0, 0.1) is 51.8 Å². The normalized spacial score (nSPS) is 43.0. The summed E-state index contributed by atoms with van der Waals surface area (Å²) in [6, 6.07) is 0. The zero-order valence-corrected chi connectivity index (χ0v) is 33.8. The molecule has 0 aromatic heterocycles. The van der Waals surface area contributed by atoms with Gasteiger partial charge >= 0.3 is 11.9 Å². The Kier molecular flexibility index (Phi) is 9.86. The number of ether oxygens (including phenoxy) is 2. The molecule has 8 aliphatic carbocycles. The number of esters is 2.